The summed E-state index contributed by atoms with van der Waals surface area (Å²) < 4.78 is 10.3. The lowest BCUT2D eigenvalue weighted by Gasteiger charge is -2.25. The van der Waals surface area contributed by atoms with Gasteiger partial charge in [0.2, 0.25) is 0 Å². The number of hydrogen-bond acceptors (Lipinski definition) is 5. The van der Waals surface area contributed by atoms with E-state index >= 15 is 0 Å². The fourth-order valence-electron chi connectivity index (χ4n) is 2.84. The van der Waals surface area contributed by atoms with E-state index in [0.29, 0.717) is 0 Å². The van der Waals surface area contributed by atoms with Crippen molar-refractivity contribution in [3.8, 4) is 5.75 Å². The van der Waals surface area contributed by atoms with Crippen LogP contribution >= 0.6 is 0 Å². The molecule has 0 radical (unpaired) electrons. The number of nitrogens with zero attached hydrogens (tertiary/aromatic N) is 1. The Hall–Kier alpha value is -2.53. The number of anilines is 1. The van der Waals surface area contributed by atoms with Crippen LogP contribution in [0, 0.1) is 0 Å². The van der Waals surface area contributed by atoms with Gasteiger partial charge < -0.3 is 9.47 Å². The molecular weight excluding hydrogens is 306 g/mol. The van der Waals surface area contributed by atoms with Gasteiger partial charge in [-0.1, -0.05) is 30.3 Å². The van der Waals surface area contributed by atoms with Crippen molar-refractivity contribution in [2.45, 2.75) is 25.5 Å². The highest BCUT2D eigenvalue weighted by molar-refractivity contribution is 5.65. The zero-order valence-electron chi connectivity index (χ0n) is 13.8. The summed E-state index contributed by atoms with van der Waals surface area (Å²) in [7, 11) is 1.65. The second-order valence-electron chi connectivity index (χ2n) is 5.72. The number of rotatable bonds is 5. The lowest BCUT2D eigenvalue weighted by atomic mass is 10.0. The maximum Gasteiger partial charge on any atom is 0.302 e. The molecule has 0 spiro atoms. The fraction of sp³-hybridized carbons (Fsp3) is 0.316. The van der Waals surface area contributed by atoms with E-state index in [-0.39, 0.29) is 24.7 Å². The summed E-state index contributed by atoms with van der Waals surface area (Å²) in [5.74, 6) is 0.526. The molecule has 1 aliphatic heterocycles. The number of carbonyl (C=O) groups is 1. The summed E-state index contributed by atoms with van der Waals surface area (Å²) in [6.45, 7) is 1.66. The molecule has 1 heterocycles. The van der Waals surface area contributed by atoms with E-state index in [1.807, 2.05) is 59.7 Å². The van der Waals surface area contributed by atoms with Gasteiger partial charge in [-0.2, -0.15) is 0 Å². The van der Waals surface area contributed by atoms with Crippen LogP contribution in [0.3, 0.4) is 0 Å². The molecule has 2 unspecified atom stereocenters. The van der Waals surface area contributed by atoms with Crippen LogP contribution in [-0.4, -0.2) is 25.8 Å². The Balaban J connectivity index is 1.83. The maximum atomic E-state index is 11.1. The molecule has 2 atom stereocenters. The number of hydrogen-bond donors (Lipinski definition) is 0. The van der Waals surface area contributed by atoms with Gasteiger partial charge in [-0.15, -0.1) is 0 Å². The van der Waals surface area contributed by atoms with Crippen molar-refractivity contribution in [2.24, 2.45) is 0 Å². The Morgan fingerprint density at radius 3 is 2.50 bits per heavy atom. The van der Waals surface area contributed by atoms with Crippen molar-refractivity contribution in [3.63, 3.8) is 0 Å². The van der Waals surface area contributed by atoms with Gasteiger partial charge in [-0.25, -0.2) is 5.06 Å². The zero-order chi connectivity index (χ0) is 16.9. The molecule has 5 heteroatoms. The minimum atomic E-state index is -0.294. The third-order valence-corrected chi connectivity index (χ3v) is 4.02. The summed E-state index contributed by atoms with van der Waals surface area (Å²) in [6.07, 6.45) is 0.579. The molecular formula is C19H21NO4. The van der Waals surface area contributed by atoms with Gasteiger partial charge in [0.05, 0.1) is 18.8 Å². The van der Waals surface area contributed by atoms with Gasteiger partial charge in [0.1, 0.15) is 18.5 Å². The molecule has 0 bridgehead atoms. The fourth-order valence-corrected chi connectivity index (χ4v) is 2.84. The average Bonchev–Trinajstić information content (AvgIpc) is 3.05. The molecule has 1 aliphatic rings. The molecule has 126 valence electrons. The quantitative estimate of drug-likeness (QED) is 0.787. The Morgan fingerprint density at radius 2 is 1.88 bits per heavy atom. The Labute approximate surface area is 141 Å². The lowest BCUT2D eigenvalue weighted by Crippen LogP contribution is -2.23. The molecule has 1 saturated heterocycles. The molecule has 24 heavy (non-hydrogen) atoms. The van der Waals surface area contributed by atoms with Crippen LogP contribution in [0.1, 0.15) is 24.9 Å². The van der Waals surface area contributed by atoms with Crippen LogP contribution in [0.2, 0.25) is 0 Å². The summed E-state index contributed by atoms with van der Waals surface area (Å²) in [4.78, 5) is 17.1. The standard InChI is InChI=1S/C19H21NO4/c1-14(21)23-13-18-12-19(15-8-10-17(22-2)11-9-15)20(24-18)16-6-4-3-5-7-16/h3-11,18-19H,12-13H2,1-2H3. The highest BCUT2D eigenvalue weighted by atomic mass is 16.7. The van der Waals surface area contributed by atoms with E-state index in [9.17, 15) is 4.79 Å². The molecule has 1 fully saturated rings. The SMILES string of the molecule is COc1ccc(C2CC(COC(C)=O)ON2c2ccccc2)cc1. The Morgan fingerprint density at radius 1 is 1.17 bits per heavy atom. The van der Waals surface area contributed by atoms with Gasteiger partial charge in [-0.3, -0.25) is 9.63 Å². The second-order valence-corrected chi connectivity index (χ2v) is 5.72. The van der Waals surface area contributed by atoms with Crippen molar-refractivity contribution in [1.29, 1.82) is 0 Å². The summed E-state index contributed by atoms with van der Waals surface area (Å²) in [5, 5.41) is 1.90. The van der Waals surface area contributed by atoms with Crippen LogP contribution < -0.4 is 9.80 Å². The number of carbonyl (C=O) groups excluding carboxylic acids is 1. The van der Waals surface area contributed by atoms with Gasteiger partial charge in [-0.05, 0) is 29.8 Å². The van der Waals surface area contributed by atoms with E-state index in [0.717, 1.165) is 23.4 Å². The minimum absolute atomic E-state index is 0.0545. The zero-order valence-corrected chi connectivity index (χ0v) is 13.8. The number of ether oxygens (including phenoxy) is 2. The molecule has 5 nitrogen and oxygen atoms in total. The van der Waals surface area contributed by atoms with Crippen molar-refractivity contribution >= 4 is 11.7 Å². The number of esters is 1. The first kappa shape index (κ1) is 16.3. The van der Waals surface area contributed by atoms with E-state index in [2.05, 4.69) is 0 Å². The van der Waals surface area contributed by atoms with Crippen LogP contribution in [0.25, 0.3) is 0 Å². The molecule has 0 N–H and O–H groups in total. The minimum Gasteiger partial charge on any atom is -0.497 e. The first-order valence-electron chi connectivity index (χ1n) is 7.95. The Kier molecular flexibility index (Phi) is 5.01. The molecule has 2 aromatic rings. The van der Waals surface area contributed by atoms with E-state index < -0.39 is 0 Å². The molecule has 0 aliphatic carbocycles. The molecule has 0 amide bonds. The number of hydroxylamine groups is 1. The van der Waals surface area contributed by atoms with E-state index in [1.54, 1.807) is 7.11 Å². The molecule has 0 saturated carbocycles. The molecule has 0 aromatic heterocycles. The predicted octanol–water partition coefficient (Wildman–Crippen LogP) is 3.51. The first-order valence-corrected chi connectivity index (χ1v) is 7.95. The largest absolute Gasteiger partial charge is 0.497 e. The lowest BCUT2D eigenvalue weighted by molar-refractivity contribution is -0.144. The smallest absolute Gasteiger partial charge is 0.302 e. The van der Waals surface area contributed by atoms with Gasteiger partial charge >= 0.3 is 5.97 Å². The van der Waals surface area contributed by atoms with Crippen LogP contribution in [0.5, 0.6) is 5.75 Å². The Bertz CT molecular complexity index is 672. The van der Waals surface area contributed by atoms with Crippen LogP contribution in [0.15, 0.2) is 54.6 Å². The van der Waals surface area contributed by atoms with Crippen molar-refractivity contribution in [2.75, 3.05) is 18.8 Å². The monoisotopic (exact) mass is 327 g/mol. The van der Waals surface area contributed by atoms with Crippen molar-refractivity contribution in [3.05, 3.63) is 60.2 Å². The van der Waals surface area contributed by atoms with Crippen LogP contribution in [-0.2, 0) is 14.4 Å². The second kappa shape index (κ2) is 7.36. The summed E-state index contributed by atoms with van der Waals surface area (Å²) in [5.41, 5.74) is 2.11. The normalized spacial score (nSPS) is 20.0. The molecule has 2 aromatic carbocycles. The first-order chi connectivity index (χ1) is 11.7. The summed E-state index contributed by atoms with van der Waals surface area (Å²) >= 11 is 0. The van der Waals surface area contributed by atoms with E-state index in [4.69, 9.17) is 14.3 Å². The maximum absolute atomic E-state index is 11.1. The van der Waals surface area contributed by atoms with Crippen LogP contribution in [0.4, 0.5) is 5.69 Å². The van der Waals surface area contributed by atoms with Crippen molar-refractivity contribution < 1.29 is 19.1 Å². The molecule has 3 rings (SSSR count). The topological polar surface area (TPSA) is 48.0 Å². The summed E-state index contributed by atoms with van der Waals surface area (Å²) in [6, 6.07) is 17.9. The van der Waals surface area contributed by atoms with Gasteiger partial charge in [0.15, 0.2) is 0 Å². The van der Waals surface area contributed by atoms with Gasteiger partial charge in [0.25, 0.3) is 0 Å². The highest BCUT2D eigenvalue weighted by Crippen LogP contribution is 2.38. The number of benzene rings is 2. The number of methoxy groups -OCH3 is 1. The highest BCUT2D eigenvalue weighted by Gasteiger charge is 2.35. The number of para-hydroxylation sites is 1. The average molecular weight is 327 g/mol. The van der Waals surface area contributed by atoms with Gasteiger partial charge in [0, 0.05) is 13.3 Å². The third-order valence-electron chi connectivity index (χ3n) is 4.02. The van der Waals surface area contributed by atoms with E-state index in [1.165, 1.54) is 6.92 Å². The third kappa shape index (κ3) is 3.68. The van der Waals surface area contributed by atoms with Crippen molar-refractivity contribution in [1.82, 2.24) is 0 Å². The predicted molar refractivity (Wildman–Crippen MR) is 90.8 cm³/mol.